The number of carbonyl (C=O) groups is 1. The molecule has 26 heavy (non-hydrogen) atoms. The van der Waals surface area contributed by atoms with E-state index in [4.69, 9.17) is 0 Å². The van der Waals surface area contributed by atoms with Crippen molar-refractivity contribution >= 4 is 33.1 Å². The number of hydrogen-bond acceptors (Lipinski definition) is 5. The van der Waals surface area contributed by atoms with Gasteiger partial charge in [0.15, 0.2) is 5.65 Å². The number of hydrogen-bond donors (Lipinski definition) is 1. The van der Waals surface area contributed by atoms with Crippen LogP contribution in [-0.2, 0) is 11.3 Å². The predicted octanol–water partition coefficient (Wildman–Crippen LogP) is 2.68. The van der Waals surface area contributed by atoms with Gasteiger partial charge in [0.05, 0.1) is 10.2 Å². The van der Waals surface area contributed by atoms with Crippen LogP contribution in [0.5, 0.6) is 0 Å². The van der Waals surface area contributed by atoms with Gasteiger partial charge in [0.1, 0.15) is 17.9 Å². The molecule has 3 aromatic heterocycles. The van der Waals surface area contributed by atoms with Gasteiger partial charge in [0, 0.05) is 12.0 Å². The summed E-state index contributed by atoms with van der Waals surface area (Å²) in [5.41, 5.74) is 2.81. The van der Waals surface area contributed by atoms with E-state index in [0.717, 1.165) is 41.9 Å². The molecule has 1 N–H and O–H groups in total. The largest absolute Gasteiger partial charge is 0.352 e. The number of nitrogens with zero attached hydrogens (tertiary/aromatic N) is 4. The highest BCUT2D eigenvalue weighted by Crippen LogP contribution is 2.24. The van der Waals surface area contributed by atoms with Crippen LogP contribution < -0.4 is 10.9 Å². The number of aromatic nitrogens is 4. The topological polar surface area (TPSA) is 81.3 Å². The molecule has 8 heteroatoms. The summed E-state index contributed by atoms with van der Waals surface area (Å²) in [6, 6.07) is 2.07. The second-order valence-electron chi connectivity index (χ2n) is 7.28. The molecule has 3 heterocycles. The molecule has 1 amide bonds. The van der Waals surface area contributed by atoms with Crippen molar-refractivity contribution in [2.75, 3.05) is 0 Å². The van der Waals surface area contributed by atoms with Gasteiger partial charge in [-0.05, 0) is 18.9 Å². The summed E-state index contributed by atoms with van der Waals surface area (Å²) in [5.74, 6) is 0.700. The minimum Gasteiger partial charge on any atom is -0.352 e. The van der Waals surface area contributed by atoms with Crippen molar-refractivity contribution in [2.45, 2.75) is 64.5 Å². The molecule has 1 aliphatic rings. The van der Waals surface area contributed by atoms with Crippen molar-refractivity contribution in [1.29, 1.82) is 0 Å². The van der Waals surface area contributed by atoms with Crippen molar-refractivity contribution in [3.05, 3.63) is 27.8 Å². The summed E-state index contributed by atoms with van der Waals surface area (Å²) in [6.07, 6.45) is 5.58. The lowest BCUT2D eigenvalue weighted by Gasteiger charge is -2.22. The molecule has 0 atom stereocenters. The molecular formula is C18H23N5O2S. The molecule has 1 aliphatic carbocycles. The number of amides is 1. The van der Waals surface area contributed by atoms with E-state index in [1.807, 2.05) is 24.3 Å². The van der Waals surface area contributed by atoms with Crippen molar-refractivity contribution in [2.24, 2.45) is 0 Å². The summed E-state index contributed by atoms with van der Waals surface area (Å²) < 4.78 is 4.08. The highest BCUT2D eigenvalue weighted by atomic mass is 32.1. The van der Waals surface area contributed by atoms with Gasteiger partial charge in [-0.2, -0.15) is 5.10 Å². The van der Waals surface area contributed by atoms with E-state index < -0.39 is 0 Å². The monoisotopic (exact) mass is 373 g/mol. The average Bonchev–Trinajstić information content (AvgIpc) is 3.19. The van der Waals surface area contributed by atoms with E-state index in [1.54, 1.807) is 5.51 Å². The third-order valence-electron chi connectivity index (χ3n) is 4.98. The molecular weight excluding hydrogens is 350 g/mol. The minimum absolute atomic E-state index is 0.0438. The second kappa shape index (κ2) is 6.83. The van der Waals surface area contributed by atoms with Crippen LogP contribution in [-0.4, -0.2) is 31.1 Å². The van der Waals surface area contributed by atoms with E-state index in [1.165, 1.54) is 22.4 Å². The number of carbonyl (C=O) groups excluding carboxylic acids is 1. The van der Waals surface area contributed by atoms with Gasteiger partial charge in [0.25, 0.3) is 5.56 Å². The van der Waals surface area contributed by atoms with Crippen LogP contribution in [0, 0.1) is 0 Å². The van der Waals surface area contributed by atoms with Gasteiger partial charge in [-0.15, -0.1) is 11.3 Å². The van der Waals surface area contributed by atoms with Crippen LogP contribution in [0.4, 0.5) is 0 Å². The Kier molecular flexibility index (Phi) is 4.52. The third kappa shape index (κ3) is 3.02. The van der Waals surface area contributed by atoms with Gasteiger partial charge in [-0.25, -0.2) is 9.67 Å². The Morgan fingerprint density at radius 2 is 2.12 bits per heavy atom. The first kappa shape index (κ1) is 17.2. The predicted molar refractivity (Wildman–Crippen MR) is 102 cm³/mol. The van der Waals surface area contributed by atoms with Crippen molar-refractivity contribution in [1.82, 2.24) is 24.5 Å². The molecule has 0 unspecified atom stereocenters. The Bertz CT molecular complexity index is 1010. The average molecular weight is 373 g/mol. The van der Waals surface area contributed by atoms with Crippen LogP contribution in [0.3, 0.4) is 0 Å². The minimum atomic E-state index is -0.251. The summed E-state index contributed by atoms with van der Waals surface area (Å²) in [4.78, 5) is 29.7. The molecule has 0 spiro atoms. The smallest absolute Gasteiger partial charge is 0.291 e. The number of rotatable bonds is 4. The van der Waals surface area contributed by atoms with Gasteiger partial charge < -0.3 is 5.32 Å². The highest BCUT2D eigenvalue weighted by Gasteiger charge is 2.20. The van der Waals surface area contributed by atoms with Crippen molar-refractivity contribution in [3.8, 4) is 0 Å². The first-order valence-corrected chi connectivity index (χ1v) is 10.1. The van der Waals surface area contributed by atoms with E-state index in [2.05, 4.69) is 15.4 Å². The fourth-order valence-corrected chi connectivity index (χ4v) is 4.39. The summed E-state index contributed by atoms with van der Waals surface area (Å²) in [5, 5.41) is 7.56. The lowest BCUT2D eigenvalue weighted by Crippen LogP contribution is -2.41. The Labute approximate surface area is 155 Å². The highest BCUT2D eigenvalue weighted by molar-refractivity contribution is 7.16. The van der Waals surface area contributed by atoms with E-state index in [9.17, 15) is 9.59 Å². The normalized spacial score (nSPS) is 16.0. The Morgan fingerprint density at radius 1 is 1.35 bits per heavy atom. The zero-order valence-electron chi connectivity index (χ0n) is 15.1. The molecule has 138 valence electrons. The van der Waals surface area contributed by atoms with E-state index >= 15 is 0 Å². The molecule has 0 bridgehead atoms. The Hall–Kier alpha value is -2.22. The van der Waals surface area contributed by atoms with Crippen LogP contribution in [0.1, 0.15) is 57.7 Å². The Morgan fingerprint density at radius 3 is 2.85 bits per heavy atom. The maximum Gasteiger partial charge on any atom is 0.291 e. The standard InChI is InChI=1S/C18H23N5O2S/c1-11(2)16-21-22(9-15(24)20-12-6-4-3-5-7-12)18(25)13-8-14-17(23(13)16)19-10-26-14/h8,10-12H,3-7,9H2,1-2H3,(H,20,24). The molecule has 1 saturated carbocycles. The molecule has 7 nitrogen and oxygen atoms in total. The summed E-state index contributed by atoms with van der Waals surface area (Å²) in [7, 11) is 0. The molecule has 0 saturated heterocycles. The van der Waals surface area contributed by atoms with Gasteiger partial charge in [-0.3, -0.25) is 14.0 Å². The summed E-state index contributed by atoms with van der Waals surface area (Å²) in [6.45, 7) is 4.01. The van der Waals surface area contributed by atoms with Crippen LogP contribution in [0.2, 0.25) is 0 Å². The van der Waals surface area contributed by atoms with E-state index in [0.29, 0.717) is 5.52 Å². The first-order chi connectivity index (χ1) is 12.5. The fraction of sp³-hybridized carbons (Fsp3) is 0.556. The second-order valence-corrected chi connectivity index (χ2v) is 8.17. The molecule has 0 aromatic carbocycles. The quantitative estimate of drug-likeness (QED) is 0.762. The zero-order chi connectivity index (χ0) is 18.3. The lowest BCUT2D eigenvalue weighted by molar-refractivity contribution is -0.122. The lowest BCUT2D eigenvalue weighted by atomic mass is 9.95. The third-order valence-corrected chi connectivity index (χ3v) is 5.75. The zero-order valence-corrected chi connectivity index (χ0v) is 15.9. The Balaban J connectivity index is 1.69. The number of nitrogens with one attached hydrogen (secondary N) is 1. The summed E-state index contributed by atoms with van der Waals surface area (Å²) >= 11 is 1.50. The van der Waals surface area contributed by atoms with Crippen LogP contribution in [0.25, 0.3) is 15.9 Å². The van der Waals surface area contributed by atoms with Gasteiger partial charge >= 0.3 is 0 Å². The van der Waals surface area contributed by atoms with Crippen molar-refractivity contribution in [3.63, 3.8) is 0 Å². The van der Waals surface area contributed by atoms with Gasteiger partial charge in [-0.1, -0.05) is 33.1 Å². The SMILES string of the molecule is CC(C)c1nn(CC(=O)NC2CCCCC2)c(=O)c2cc3scnc3n12. The number of fused-ring (bicyclic) bond motifs is 3. The maximum atomic E-state index is 12.9. The van der Waals surface area contributed by atoms with Crippen LogP contribution in [0.15, 0.2) is 16.4 Å². The first-order valence-electron chi connectivity index (χ1n) is 9.19. The molecule has 4 rings (SSSR count). The number of thiazole rings is 1. The van der Waals surface area contributed by atoms with Gasteiger partial charge in [0.2, 0.25) is 5.91 Å². The molecule has 1 fully saturated rings. The molecule has 0 aliphatic heterocycles. The molecule has 3 aromatic rings. The fourth-order valence-electron chi connectivity index (χ4n) is 3.69. The molecule has 0 radical (unpaired) electrons. The van der Waals surface area contributed by atoms with E-state index in [-0.39, 0.29) is 30.0 Å². The van der Waals surface area contributed by atoms with Crippen LogP contribution >= 0.6 is 11.3 Å². The maximum absolute atomic E-state index is 12.9. The van der Waals surface area contributed by atoms with Crippen molar-refractivity contribution < 1.29 is 4.79 Å².